The Morgan fingerprint density at radius 1 is 1.31 bits per heavy atom. The number of benzene rings is 1. The van der Waals surface area contributed by atoms with E-state index in [4.69, 9.17) is 9.84 Å². The van der Waals surface area contributed by atoms with Crippen LogP contribution in [0.1, 0.15) is 0 Å². The molecular formula is C12H19NO3. The molecule has 4 heteroatoms. The largest absolute Gasteiger partial charge is 0.395 e. The Morgan fingerprint density at radius 3 is 2.56 bits per heavy atom. The molecule has 1 aromatic carbocycles. The zero-order valence-electron chi connectivity index (χ0n) is 9.54. The van der Waals surface area contributed by atoms with Gasteiger partial charge in [0.2, 0.25) is 0 Å². The van der Waals surface area contributed by atoms with Crippen molar-refractivity contribution in [3.05, 3.63) is 30.3 Å². The van der Waals surface area contributed by atoms with Gasteiger partial charge in [-0.25, -0.2) is 0 Å². The number of para-hydroxylation sites is 1. The van der Waals surface area contributed by atoms with Crippen molar-refractivity contribution in [1.29, 1.82) is 0 Å². The van der Waals surface area contributed by atoms with Gasteiger partial charge in [0.25, 0.3) is 0 Å². The second-order valence-electron chi connectivity index (χ2n) is 3.61. The molecule has 0 spiro atoms. The van der Waals surface area contributed by atoms with Gasteiger partial charge in [0.1, 0.15) is 0 Å². The molecule has 2 N–H and O–H groups in total. The Morgan fingerprint density at radius 2 is 2.00 bits per heavy atom. The van der Waals surface area contributed by atoms with Crippen molar-refractivity contribution in [2.75, 3.05) is 38.3 Å². The van der Waals surface area contributed by atoms with Crippen molar-refractivity contribution in [3.8, 4) is 0 Å². The van der Waals surface area contributed by atoms with Crippen LogP contribution in [0.5, 0.6) is 0 Å². The van der Waals surface area contributed by atoms with E-state index in [1.165, 1.54) is 0 Å². The predicted molar refractivity (Wildman–Crippen MR) is 63.6 cm³/mol. The Bertz CT molecular complexity index is 279. The van der Waals surface area contributed by atoms with E-state index >= 15 is 0 Å². The van der Waals surface area contributed by atoms with E-state index in [2.05, 4.69) is 0 Å². The molecule has 0 bridgehead atoms. The Hall–Kier alpha value is -1.10. The van der Waals surface area contributed by atoms with Gasteiger partial charge in [-0.15, -0.1) is 0 Å². The third-order valence-electron chi connectivity index (χ3n) is 2.28. The average molecular weight is 225 g/mol. The highest BCUT2D eigenvalue weighted by Gasteiger charge is 2.11. The minimum Gasteiger partial charge on any atom is -0.395 e. The van der Waals surface area contributed by atoms with Crippen LogP contribution in [0.4, 0.5) is 5.69 Å². The lowest BCUT2D eigenvalue weighted by Crippen LogP contribution is -2.36. The normalized spacial score (nSPS) is 12.4. The van der Waals surface area contributed by atoms with E-state index in [0.29, 0.717) is 19.7 Å². The number of hydrogen-bond acceptors (Lipinski definition) is 4. The second-order valence-corrected chi connectivity index (χ2v) is 3.61. The number of methoxy groups -OCH3 is 1. The lowest BCUT2D eigenvalue weighted by Gasteiger charge is -2.26. The first kappa shape index (κ1) is 13.0. The van der Waals surface area contributed by atoms with E-state index in [1.54, 1.807) is 7.11 Å². The molecule has 0 aliphatic rings. The molecule has 0 radical (unpaired) electrons. The van der Waals surface area contributed by atoms with Crippen LogP contribution in [-0.4, -0.2) is 49.7 Å². The van der Waals surface area contributed by atoms with Crippen LogP contribution in [0, 0.1) is 0 Å². The molecule has 1 rings (SSSR count). The molecular weight excluding hydrogens is 206 g/mol. The molecule has 4 nitrogen and oxygen atoms in total. The van der Waals surface area contributed by atoms with E-state index in [1.807, 2.05) is 35.2 Å². The SMILES string of the molecule is COCC(O)CN(CCO)c1ccccc1. The summed E-state index contributed by atoms with van der Waals surface area (Å²) in [6.07, 6.45) is -0.545. The summed E-state index contributed by atoms with van der Waals surface area (Å²) < 4.78 is 4.88. The first-order valence-electron chi connectivity index (χ1n) is 5.35. The summed E-state index contributed by atoms with van der Waals surface area (Å²) in [5.41, 5.74) is 0.992. The van der Waals surface area contributed by atoms with E-state index in [9.17, 15) is 5.11 Å². The maximum absolute atomic E-state index is 9.66. The summed E-state index contributed by atoms with van der Waals surface area (Å²) in [6, 6.07) is 9.71. The summed E-state index contributed by atoms with van der Waals surface area (Å²) in [5.74, 6) is 0. The fraction of sp³-hybridized carbons (Fsp3) is 0.500. The number of ether oxygens (including phenoxy) is 1. The molecule has 16 heavy (non-hydrogen) atoms. The zero-order valence-corrected chi connectivity index (χ0v) is 9.54. The van der Waals surface area contributed by atoms with Gasteiger partial charge in [-0.2, -0.15) is 0 Å². The minimum absolute atomic E-state index is 0.0641. The Labute approximate surface area is 96.1 Å². The Balaban J connectivity index is 2.60. The fourth-order valence-electron chi connectivity index (χ4n) is 1.58. The number of aliphatic hydroxyl groups is 2. The predicted octanol–water partition coefficient (Wildman–Crippen LogP) is 0.493. The summed E-state index contributed by atoms with van der Waals surface area (Å²) in [4.78, 5) is 1.93. The molecule has 1 atom stereocenters. The molecule has 0 saturated heterocycles. The molecule has 1 unspecified atom stereocenters. The number of hydrogen-bond donors (Lipinski definition) is 2. The van der Waals surface area contributed by atoms with Crippen LogP contribution < -0.4 is 4.90 Å². The van der Waals surface area contributed by atoms with E-state index in [0.717, 1.165) is 5.69 Å². The highest BCUT2D eigenvalue weighted by molar-refractivity contribution is 5.46. The molecule has 0 amide bonds. The summed E-state index contributed by atoms with van der Waals surface area (Å²) in [7, 11) is 1.56. The van der Waals surface area contributed by atoms with Crippen molar-refractivity contribution in [1.82, 2.24) is 0 Å². The second kappa shape index (κ2) is 7.22. The highest BCUT2D eigenvalue weighted by atomic mass is 16.5. The van der Waals surface area contributed by atoms with Crippen molar-refractivity contribution < 1.29 is 14.9 Å². The van der Waals surface area contributed by atoms with Gasteiger partial charge in [-0.1, -0.05) is 18.2 Å². The molecule has 0 saturated carbocycles. The third-order valence-corrected chi connectivity index (χ3v) is 2.28. The minimum atomic E-state index is -0.545. The van der Waals surface area contributed by atoms with Crippen LogP contribution in [0.2, 0.25) is 0 Å². The van der Waals surface area contributed by atoms with Crippen molar-refractivity contribution in [2.45, 2.75) is 6.10 Å². The smallest absolute Gasteiger partial charge is 0.0947 e. The van der Waals surface area contributed by atoms with Gasteiger partial charge in [-0.05, 0) is 12.1 Å². The monoisotopic (exact) mass is 225 g/mol. The molecule has 0 aliphatic carbocycles. The first-order valence-corrected chi connectivity index (χ1v) is 5.35. The maximum Gasteiger partial charge on any atom is 0.0947 e. The molecule has 90 valence electrons. The fourth-order valence-corrected chi connectivity index (χ4v) is 1.58. The van der Waals surface area contributed by atoms with Gasteiger partial charge in [0.15, 0.2) is 0 Å². The first-order chi connectivity index (χ1) is 7.77. The van der Waals surface area contributed by atoms with Crippen molar-refractivity contribution in [3.63, 3.8) is 0 Å². The van der Waals surface area contributed by atoms with Gasteiger partial charge in [0.05, 0.1) is 19.3 Å². The topological polar surface area (TPSA) is 52.9 Å². The molecule has 1 aromatic rings. The van der Waals surface area contributed by atoms with E-state index in [-0.39, 0.29) is 6.61 Å². The highest BCUT2D eigenvalue weighted by Crippen LogP contribution is 2.13. The van der Waals surface area contributed by atoms with Crippen LogP contribution in [0.15, 0.2) is 30.3 Å². The number of rotatable bonds is 7. The number of anilines is 1. The van der Waals surface area contributed by atoms with Crippen molar-refractivity contribution in [2.24, 2.45) is 0 Å². The summed E-state index contributed by atoms with van der Waals surface area (Å²) in [6.45, 7) is 1.33. The van der Waals surface area contributed by atoms with Crippen LogP contribution >= 0.6 is 0 Å². The molecule has 0 heterocycles. The van der Waals surface area contributed by atoms with Gasteiger partial charge >= 0.3 is 0 Å². The standard InChI is InChI=1S/C12H19NO3/c1-16-10-12(15)9-13(7-8-14)11-5-3-2-4-6-11/h2-6,12,14-15H,7-10H2,1H3. The van der Waals surface area contributed by atoms with Gasteiger partial charge < -0.3 is 19.8 Å². The van der Waals surface area contributed by atoms with Gasteiger partial charge in [0, 0.05) is 25.9 Å². The third kappa shape index (κ3) is 4.18. The Kier molecular flexibility index (Phi) is 5.85. The van der Waals surface area contributed by atoms with Crippen molar-refractivity contribution >= 4 is 5.69 Å². The molecule has 0 aliphatic heterocycles. The summed E-state index contributed by atoms with van der Waals surface area (Å²) >= 11 is 0. The zero-order chi connectivity index (χ0) is 11.8. The van der Waals surface area contributed by atoms with Crippen LogP contribution in [-0.2, 0) is 4.74 Å². The van der Waals surface area contributed by atoms with Crippen LogP contribution in [0.25, 0.3) is 0 Å². The quantitative estimate of drug-likeness (QED) is 0.709. The number of nitrogens with zero attached hydrogens (tertiary/aromatic N) is 1. The average Bonchev–Trinajstić information content (AvgIpc) is 2.30. The van der Waals surface area contributed by atoms with Crippen LogP contribution in [0.3, 0.4) is 0 Å². The molecule has 0 aromatic heterocycles. The molecule has 0 fully saturated rings. The lowest BCUT2D eigenvalue weighted by atomic mass is 10.2. The lowest BCUT2D eigenvalue weighted by molar-refractivity contribution is 0.0683. The van der Waals surface area contributed by atoms with Gasteiger partial charge in [-0.3, -0.25) is 0 Å². The summed E-state index contributed by atoms with van der Waals surface area (Å²) in [5, 5.41) is 18.6. The number of aliphatic hydroxyl groups excluding tert-OH is 2. The van der Waals surface area contributed by atoms with E-state index < -0.39 is 6.10 Å². The maximum atomic E-state index is 9.66.